The van der Waals surface area contributed by atoms with Crippen LogP contribution in [0.2, 0.25) is 5.02 Å². The zero-order valence-corrected chi connectivity index (χ0v) is 19.4. The average Bonchev–Trinajstić information content (AvgIpc) is 3.44. The van der Waals surface area contributed by atoms with Gasteiger partial charge in [0.25, 0.3) is 0 Å². The van der Waals surface area contributed by atoms with Crippen molar-refractivity contribution in [2.75, 3.05) is 7.11 Å². The number of benzene rings is 3. The van der Waals surface area contributed by atoms with E-state index in [-0.39, 0.29) is 11.3 Å². The van der Waals surface area contributed by atoms with Crippen molar-refractivity contribution in [2.45, 2.75) is 12.5 Å². The molecule has 1 amide bonds. The molecule has 0 saturated carbocycles. The van der Waals surface area contributed by atoms with Gasteiger partial charge in [-0.3, -0.25) is 4.79 Å². The summed E-state index contributed by atoms with van der Waals surface area (Å²) < 4.78 is 5.32. The summed E-state index contributed by atoms with van der Waals surface area (Å²) in [6.45, 7) is 0. The SMILES string of the molecule is COc1ccc(C2CC(c3ccccc3)=NN2C2=NC(=O)S/C2=C\c2ccc(Cl)cc2)cc1. The Balaban J connectivity index is 1.55. The molecule has 5 rings (SSSR count). The minimum atomic E-state index is -0.248. The van der Waals surface area contributed by atoms with E-state index in [0.29, 0.717) is 17.3 Å². The number of hydrogen-bond acceptors (Lipinski definition) is 5. The summed E-state index contributed by atoms with van der Waals surface area (Å²) in [6.07, 6.45) is 2.65. The lowest BCUT2D eigenvalue weighted by atomic mass is 9.98. The van der Waals surface area contributed by atoms with E-state index in [2.05, 4.69) is 4.99 Å². The average molecular weight is 474 g/mol. The first-order valence-corrected chi connectivity index (χ1v) is 11.6. The molecule has 0 bridgehead atoms. The largest absolute Gasteiger partial charge is 0.497 e. The van der Waals surface area contributed by atoms with Gasteiger partial charge < -0.3 is 4.74 Å². The van der Waals surface area contributed by atoms with Crippen molar-refractivity contribution in [2.24, 2.45) is 10.1 Å². The predicted octanol–water partition coefficient (Wildman–Crippen LogP) is 6.81. The molecule has 1 unspecified atom stereocenters. The molecule has 0 N–H and O–H groups in total. The van der Waals surface area contributed by atoms with Gasteiger partial charge in [-0.1, -0.05) is 66.2 Å². The van der Waals surface area contributed by atoms with Crippen molar-refractivity contribution in [3.8, 4) is 5.75 Å². The fraction of sp³-hybridized carbons (Fsp3) is 0.115. The molecule has 0 radical (unpaired) electrons. The summed E-state index contributed by atoms with van der Waals surface area (Å²) in [6, 6.07) is 25.4. The maximum Gasteiger partial charge on any atom is 0.311 e. The van der Waals surface area contributed by atoms with Crippen LogP contribution in [-0.4, -0.2) is 28.9 Å². The van der Waals surface area contributed by atoms with Crippen LogP contribution < -0.4 is 4.74 Å². The molecule has 5 nitrogen and oxygen atoms in total. The molecule has 0 saturated heterocycles. The quantitative estimate of drug-likeness (QED) is 0.417. The maximum absolute atomic E-state index is 12.4. The number of halogens is 1. The van der Waals surface area contributed by atoms with Crippen LogP contribution in [-0.2, 0) is 0 Å². The van der Waals surface area contributed by atoms with Gasteiger partial charge in [0.1, 0.15) is 5.75 Å². The zero-order valence-electron chi connectivity index (χ0n) is 17.8. The fourth-order valence-electron chi connectivity index (χ4n) is 3.87. The van der Waals surface area contributed by atoms with E-state index in [1.165, 1.54) is 0 Å². The van der Waals surface area contributed by atoms with Gasteiger partial charge in [0.2, 0.25) is 0 Å². The highest BCUT2D eigenvalue weighted by atomic mass is 35.5. The lowest BCUT2D eigenvalue weighted by molar-refractivity contribution is 0.267. The molecule has 0 spiro atoms. The monoisotopic (exact) mass is 473 g/mol. The Labute approximate surface area is 201 Å². The number of rotatable bonds is 4. The van der Waals surface area contributed by atoms with Crippen molar-refractivity contribution in [1.82, 2.24) is 5.01 Å². The number of ether oxygens (including phenoxy) is 1. The van der Waals surface area contributed by atoms with E-state index < -0.39 is 0 Å². The normalized spacial score (nSPS) is 19.1. The number of methoxy groups -OCH3 is 1. The molecule has 33 heavy (non-hydrogen) atoms. The van der Waals surface area contributed by atoms with Crippen LogP contribution in [0.5, 0.6) is 5.75 Å². The minimum absolute atomic E-state index is 0.0926. The molecule has 1 atom stereocenters. The Morgan fingerprint density at radius 3 is 2.45 bits per heavy atom. The number of hydrogen-bond donors (Lipinski definition) is 0. The Kier molecular flexibility index (Phi) is 6.03. The van der Waals surface area contributed by atoms with Crippen molar-refractivity contribution in [3.63, 3.8) is 0 Å². The summed E-state index contributed by atoms with van der Waals surface area (Å²) in [5, 5.41) is 7.24. The molecule has 2 aliphatic rings. The summed E-state index contributed by atoms with van der Waals surface area (Å²) in [5.41, 5.74) is 4.02. The molecule has 2 aliphatic heterocycles. The lowest BCUT2D eigenvalue weighted by Crippen LogP contribution is -2.26. The molecule has 164 valence electrons. The summed E-state index contributed by atoms with van der Waals surface area (Å²) in [7, 11) is 1.65. The van der Waals surface area contributed by atoms with E-state index in [9.17, 15) is 4.79 Å². The van der Waals surface area contributed by atoms with Crippen LogP contribution in [0.4, 0.5) is 4.79 Å². The van der Waals surface area contributed by atoms with Crippen LogP contribution >= 0.6 is 23.4 Å². The molecule has 3 aromatic rings. The highest BCUT2D eigenvalue weighted by Gasteiger charge is 2.36. The van der Waals surface area contributed by atoms with Crippen molar-refractivity contribution < 1.29 is 9.53 Å². The van der Waals surface area contributed by atoms with Gasteiger partial charge in [0.15, 0.2) is 5.84 Å². The number of amidine groups is 1. The van der Waals surface area contributed by atoms with Gasteiger partial charge in [-0.05, 0) is 58.8 Å². The second-order valence-corrected chi connectivity index (χ2v) is 9.04. The van der Waals surface area contributed by atoms with Crippen LogP contribution in [0.3, 0.4) is 0 Å². The van der Waals surface area contributed by atoms with Gasteiger partial charge in [-0.2, -0.15) is 10.1 Å². The second-order valence-electron chi connectivity index (χ2n) is 7.61. The Morgan fingerprint density at radius 2 is 1.76 bits per heavy atom. The van der Waals surface area contributed by atoms with E-state index in [4.69, 9.17) is 21.4 Å². The Morgan fingerprint density at radius 1 is 1.03 bits per heavy atom. The second kappa shape index (κ2) is 9.25. The molecule has 0 aliphatic carbocycles. The summed E-state index contributed by atoms with van der Waals surface area (Å²) >= 11 is 7.14. The Hall–Kier alpha value is -3.35. The third-order valence-electron chi connectivity index (χ3n) is 5.52. The molecule has 7 heteroatoms. The number of carbonyl (C=O) groups excluding carboxylic acids is 1. The van der Waals surface area contributed by atoms with Crippen molar-refractivity contribution in [3.05, 3.63) is 105 Å². The van der Waals surface area contributed by atoms with Crippen LogP contribution in [0, 0.1) is 0 Å². The third kappa shape index (κ3) is 4.58. The van der Waals surface area contributed by atoms with Gasteiger partial charge in [-0.25, -0.2) is 5.01 Å². The van der Waals surface area contributed by atoms with E-state index in [1.54, 1.807) is 7.11 Å². The zero-order chi connectivity index (χ0) is 22.8. The predicted molar refractivity (Wildman–Crippen MR) is 135 cm³/mol. The highest BCUT2D eigenvalue weighted by molar-refractivity contribution is 8.18. The minimum Gasteiger partial charge on any atom is -0.497 e. The number of aliphatic imine (C=N–C) groups is 1. The molecular weight excluding hydrogens is 454 g/mol. The van der Waals surface area contributed by atoms with E-state index in [0.717, 1.165) is 44.8 Å². The maximum atomic E-state index is 12.4. The standard InChI is InChI=1S/C26H20ClN3O2S/c1-32-21-13-9-19(10-14-21)23-16-22(18-5-3-2-4-6-18)29-30(23)25-24(33-26(31)28-25)15-17-7-11-20(27)12-8-17/h2-15,23H,16H2,1H3/b24-15-. The summed E-state index contributed by atoms with van der Waals surface area (Å²) in [4.78, 5) is 17.5. The molecule has 2 heterocycles. The number of amides is 1. The molecule has 3 aromatic carbocycles. The highest BCUT2D eigenvalue weighted by Crippen LogP contribution is 2.39. The van der Waals surface area contributed by atoms with Crippen LogP contribution in [0.1, 0.15) is 29.2 Å². The van der Waals surface area contributed by atoms with Gasteiger partial charge in [-0.15, -0.1) is 0 Å². The molecule has 0 fully saturated rings. The number of hydrazone groups is 1. The number of nitrogens with zero attached hydrogens (tertiary/aromatic N) is 3. The van der Waals surface area contributed by atoms with Crippen molar-refractivity contribution >= 4 is 46.2 Å². The first-order valence-electron chi connectivity index (χ1n) is 10.4. The van der Waals surface area contributed by atoms with Gasteiger partial charge in [0.05, 0.1) is 23.8 Å². The number of thioether (sulfide) groups is 1. The molecular formula is C26H20ClN3O2S. The fourth-order valence-corrected chi connectivity index (χ4v) is 4.74. The molecule has 0 aromatic heterocycles. The lowest BCUT2D eigenvalue weighted by Gasteiger charge is -2.24. The van der Waals surface area contributed by atoms with Crippen LogP contribution in [0.25, 0.3) is 6.08 Å². The third-order valence-corrected chi connectivity index (χ3v) is 6.56. The summed E-state index contributed by atoms with van der Waals surface area (Å²) in [5.74, 6) is 1.35. The Bertz CT molecular complexity index is 1270. The van der Waals surface area contributed by atoms with E-state index >= 15 is 0 Å². The van der Waals surface area contributed by atoms with Gasteiger partial charge >= 0.3 is 5.24 Å². The topological polar surface area (TPSA) is 54.3 Å². The smallest absolute Gasteiger partial charge is 0.311 e. The van der Waals surface area contributed by atoms with Crippen LogP contribution in [0.15, 0.2) is 93.9 Å². The van der Waals surface area contributed by atoms with Crippen molar-refractivity contribution in [1.29, 1.82) is 0 Å². The first-order chi connectivity index (χ1) is 16.1. The number of carbonyl (C=O) groups is 1. The van der Waals surface area contributed by atoms with Gasteiger partial charge in [0, 0.05) is 11.4 Å². The van der Waals surface area contributed by atoms with E-state index in [1.807, 2.05) is 89.9 Å². The first kappa shape index (κ1) is 21.5.